The first kappa shape index (κ1) is 13.8. The molecule has 4 heteroatoms. The van der Waals surface area contributed by atoms with E-state index in [4.69, 9.17) is 10.5 Å². The summed E-state index contributed by atoms with van der Waals surface area (Å²) in [6, 6.07) is 0.254. The minimum absolute atomic E-state index is 0.254. The van der Waals surface area contributed by atoms with Crippen LogP contribution in [0.25, 0.3) is 0 Å². The fraction of sp³-hybridized carbons (Fsp3) is 0.929. The Labute approximate surface area is 110 Å². The predicted molar refractivity (Wildman–Crippen MR) is 71.2 cm³/mol. The monoisotopic (exact) mass is 254 g/mol. The Morgan fingerprint density at radius 3 is 2.89 bits per heavy atom. The smallest absolute Gasteiger partial charge is 0.222 e. The highest BCUT2D eigenvalue weighted by Crippen LogP contribution is 2.25. The van der Waals surface area contributed by atoms with E-state index in [1.54, 1.807) is 0 Å². The fourth-order valence-electron chi connectivity index (χ4n) is 3.14. The summed E-state index contributed by atoms with van der Waals surface area (Å²) in [5.74, 6) is 0.814. The predicted octanol–water partition coefficient (Wildman–Crippen LogP) is 1.53. The van der Waals surface area contributed by atoms with Gasteiger partial charge >= 0.3 is 0 Å². The van der Waals surface area contributed by atoms with Crippen LogP contribution >= 0.6 is 0 Å². The van der Waals surface area contributed by atoms with Gasteiger partial charge in [0.05, 0.1) is 6.10 Å². The standard InChI is InChI=1S/C14H26N2O2/c1-11-7-8-16(13(11)10-15)14(17)6-5-12-4-2-3-9-18-12/h11-13H,2-10,15H2,1H3. The number of carbonyl (C=O) groups is 1. The van der Waals surface area contributed by atoms with Gasteiger partial charge in [0.2, 0.25) is 5.91 Å². The van der Waals surface area contributed by atoms with Gasteiger partial charge in [-0.2, -0.15) is 0 Å². The Hall–Kier alpha value is -0.610. The summed E-state index contributed by atoms with van der Waals surface area (Å²) in [5.41, 5.74) is 5.77. The van der Waals surface area contributed by atoms with Crippen LogP contribution in [0.1, 0.15) is 45.4 Å². The van der Waals surface area contributed by atoms with Gasteiger partial charge in [-0.25, -0.2) is 0 Å². The Morgan fingerprint density at radius 1 is 1.39 bits per heavy atom. The van der Waals surface area contributed by atoms with Crippen molar-refractivity contribution in [1.82, 2.24) is 4.90 Å². The van der Waals surface area contributed by atoms with E-state index in [-0.39, 0.29) is 11.9 Å². The van der Waals surface area contributed by atoms with Gasteiger partial charge in [0.25, 0.3) is 0 Å². The number of likely N-dealkylation sites (tertiary alicyclic amines) is 1. The zero-order chi connectivity index (χ0) is 13.0. The quantitative estimate of drug-likeness (QED) is 0.828. The molecule has 0 aliphatic carbocycles. The molecule has 3 atom stereocenters. The summed E-state index contributed by atoms with van der Waals surface area (Å²) in [7, 11) is 0. The molecular formula is C14H26N2O2. The fourth-order valence-corrected chi connectivity index (χ4v) is 3.14. The largest absolute Gasteiger partial charge is 0.378 e. The number of ether oxygens (including phenoxy) is 1. The third kappa shape index (κ3) is 3.23. The summed E-state index contributed by atoms with van der Waals surface area (Å²) < 4.78 is 5.67. The van der Waals surface area contributed by atoms with E-state index < -0.39 is 0 Å². The first-order valence-corrected chi connectivity index (χ1v) is 7.33. The highest BCUT2D eigenvalue weighted by molar-refractivity contribution is 5.77. The van der Waals surface area contributed by atoms with Gasteiger partial charge in [-0.1, -0.05) is 6.92 Å². The molecule has 0 spiro atoms. The number of carbonyl (C=O) groups excluding carboxylic acids is 1. The van der Waals surface area contributed by atoms with E-state index in [1.165, 1.54) is 12.8 Å². The molecule has 104 valence electrons. The molecule has 2 rings (SSSR count). The lowest BCUT2D eigenvalue weighted by molar-refractivity contribution is -0.133. The zero-order valence-electron chi connectivity index (χ0n) is 11.4. The molecule has 0 saturated carbocycles. The third-order valence-electron chi connectivity index (χ3n) is 4.40. The second kappa shape index (κ2) is 6.53. The van der Waals surface area contributed by atoms with E-state index in [2.05, 4.69) is 6.92 Å². The van der Waals surface area contributed by atoms with Crippen LogP contribution in [0.3, 0.4) is 0 Å². The Kier molecular flexibility index (Phi) is 5.01. The molecule has 2 N–H and O–H groups in total. The molecule has 0 radical (unpaired) electrons. The molecule has 2 aliphatic heterocycles. The summed E-state index contributed by atoms with van der Waals surface area (Å²) >= 11 is 0. The third-order valence-corrected chi connectivity index (χ3v) is 4.40. The Balaban J connectivity index is 1.77. The maximum atomic E-state index is 12.2. The van der Waals surface area contributed by atoms with Crippen LogP contribution in [0.15, 0.2) is 0 Å². The van der Waals surface area contributed by atoms with Crippen LogP contribution in [-0.2, 0) is 9.53 Å². The van der Waals surface area contributed by atoms with Crippen molar-refractivity contribution in [3.63, 3.8) is 0 Å². The van der Waals surface area contributed by atoms with Gasteiger partial charge in [-0.05, 0) is 38.0 Å². The van der Waals surface area contributed by atoms with Crippen LogP contribution in [0.4, 0.5) is 0 Å². The van der Waals surface area contributed by atoms with E-state index in [0.29, 0.717) is 25.0 Å². The molecule has 3 unspecified atom stereocenters. The van der Waals surface area contributed by atoms with E-state index in [9.17, 15) is 4.79 Å². The van der Waals surface area contributed by atoms with Crippen molar-refractivity contribution < 1.29 is 9.53 Å². The summed E-state index contributed by atoms with van der Waals surface area (Å²) in [6.07, 6.45) is 6.42. The Morgan fingerprint density at radius 2 is 2.22 bits per heavy atom. The molecule has 0 aromatic heterocycles. The minimum atomic E-state index is 0.254. The van der Waals surface area contributed by atoms with Crippen LogP contribution in [0.2, 0.25) is 0 Å². The van der Waals surface area contributed by atoms with Crippen LogP contribution in [0.5, 0.6) is 0 Å². The van der Waals surface area contributed by atoms with Gasteiger partial charge in [-0.3, -0.25) is 4.79 Å². The van der Waals surface area contributed by atoms with E-state index >= 15 is 0 Å². The van der Waals surface area contributed by atoms with Crippen molar-refractivity contribution in [2.24, 2.45) is 11.7 Å². The summed E-state index contributed by atoms with van der Waals surface area (Å²) in [4.78, 5) is 14.2. The van der Waals surface area contributed by atoms with Crippen LogP contribution < -0.4 is 5.73 Å². The van der Waals surface area contributed by atoms with Crippen LogP contribution in [-0.4, -0.2) is 42.6 Å². The van der Waals surface area contributed by atoms with E-state index in [0.717, 1.165) is 32.4 Å². The number of rotatable bonds is 4. The first-order valence-electron chi connectivity index (χ1n) is 7.33. The second-order valence-electron chi connectivity index (χ2n) is 5.68. The minimum Gasteiger partial charge on any atom is -0.378 e. The Bertz CT molecular complexity index is 277. The van der Waals surface area contributed by atoms with Crippen molar-refractivity contribution in [1.29, 1.82) is 0 Å². The van der Waals surface area contributed by atoms with Gasteiger partial charge in [-0.15, -0.1) is 0 Å². The number of hydrogen-bond donors (Lipinski definition) is 1. The van der Waals surface area contributed by atoms with Crippen LogP contribution in [0, 0.1) is 5.92 Å². The first-order chi connectivity index (χ1) is 8.72. The molecule has 0 aromatic carbocycles. The molecule has 2 saturated heterocycles. The average Bonchev–Trinajstić information content (AvgIpc) is 2.78. The van der Waals surface area contributed by atoms with Crippen molar-refractivity contribution >= 4 is 5.91 Å². The molecule has 4 nitrogen and oxygen atoms in total. The maximum absolute atomic E-state index is 12.2. The normalized spacial score (nSPS) is 32.8. The van der Waals surface area contributed by atoms with Gasteiger partial charge in [0.15, 0.2) is 0 Å². The van der Waals surface area contributed by atoms with Crippen molar-refractivity contribution in [2.75, 3.05) is 19.7 Å². The average molecular weight is 254 g/mol. The van der Waals surface area contributed by atoms with Crippen molar-refractivity contribution in [3.8, 4) is 0 Å². The van der Waals surface area contributed by atoms with E-state index in [1.807, 2.05) is 4.90 Å². The SMILES string of the molecule is CC1CCN(C(=O)CCC2CCCCO2)C1CN. The number of amides is 1. The molecule has 0 aromatic rings. The summed E-state index contributed by atoms with van der Waals surface area (Å²) in [6.45, 7) is 4.53. The second-order valence-corrected chi connectivity index (χ2v) is 5.68. The lowest BCUT2D eigenvalue weighted by Gasteiger charge is -2.27. The van der Waals surface area contributed by atoms with Crippen molar-refractivity contribution in [3.05, 3.63) is 0 Å². The molecule has 1 amide bonds. The molecule has 2 aliphatic rings. The molecule has 2 fully saturated rings. The molecular weight excluding hydrogens is 228 g/mol. The highest BCUT2D eigenvalue weighted by Gasteiger charge is 2.33. The van der Waals surface area contributed by atoms with Gasteiger partial charge in [0.1, 0.15) is 0 Å². The number of nitrogens with zero attached hydrogens (tertiary/aromatic N) is 1. The zero-order valence-corrected chi connectivity index (χ0v) is 11.4. The lowest BCUT2D eigenvalue weighted by atomic mass is 10.0. The van der Waals surface area contributed by atoms with Crippen molar-refractivity contribution in [2.45, 2.75) is 57.6 Å². The number of hydrogen-bond acceptors (Lipinski definition) is 3. The highest BCUT2D eigenvalue weighted by atomic mass is 16.5. The van der Waals surface area contributed by atoms with Gasteiger partial charge in [0, 0.05) is 32.2 Å². The topological polar surface area (TPSA) is 55.6 Å². The lowest BCUT2D eigenvalue weighted by Crippen LogP contribution is -2.42. The molecule has 18 heavy (non-hydrogen) atoms. The molecule has 0 bridgehead atoms. The summed E-state index contributed by atoms with van der Waals surface area (Å²) in [5, 5.41) is 0. The maximum Gasteiger partial charge on any atom is 0.222 e. The number of nitrogens with two attached hydrogens (primary N) is 1. The molecule has 2 heterocycles. The van der Waals surface area contributed by atoms with Gasteiger partial charge < -0.3 is 15.4 Å².